The molecule has 1 rings (SSSR count). The Morgan fingerprint density at radius 3 is 2.67 bits per heavy atom. The van der Waals surface area contributed by atoms with E-state index in [9.17, 15) is 4.79 Å². The van der Waals surface area contributed by atoms with Crippen molar-refractivity contribution in [2.75, 3.05) is 18.0 Å². The molecule has 1 aromatic rings. The first-order valence-corrected chi connectivity index (χ1v) is 6.26. The summed E-state index contributed by atoms with van der Waals surface area (Å²) in [5, 5.41) is 8.84. The molecule has 0 spiro atoms. The smallest absolute Gasteiger partial charge is 0.180 e. The maximum atomic E-state index is 11.5. The number of nitrogens with zero attached hydrogens (tertiary/aromatic N) is 3. The van der Waals surface area contributed by atoms with Crippen LogP contribution in [0.4, 0.5) is 5.69 Å². The Bertz CT molecular complexity index is 433. The van der Waals surface area contributed by atoms with Gasteiger partial charge in [-0.3, -0.25) is 9.78 Å². The third kappa shape index (κ3) is 3.56. The van der Waals surface area contributed by atoms with Gasteiger partial charge in [-0.2, -0.15) is 5.26 Å². The molecule has 0 radical (unpaired) electrons. The lowest BCUT2D eigenvalue weighted by molar-refractivity contribution is 0.0983. The van der Waals surface area contributed by atoms with Crippen LogP contribution in [0.15, 0.2) is 18.3 Å². The number of pyridine rings is 1. The predicted molar refractivity (Wildman–Crippen MR) is 71.5 cm³/mol. The van der Waals surface area contributed by atoms with Crippen LogP contribution in [0, 0.1) is 17.2 Å². The van der Waals surface area contributed by atoms with Gasteiger partial charge in [0.25, 0.3) is 0 Å². The van der Waals surface area contributed by atoms with Gasteiger partial charge in [0.1, 0.15) is 5.69 Å². The van der Waals surface area contributed by atoms with Gasteiger partial charge in [0.15, 0.2) is 5.78 Å². The Morgan fingerprint density at radius 1 is 1.50 bits per heavy atom. The highest BCUT2D eigenvalue weighted by molar-refractivity contribution is 5.94. The van der Waals surface area contributed by atoms with Gasteiger partial charge in [-0.15, -0.1) is 0 Å². The molecule has 4 nitrogen and oxygen atoms in total. The molecule has 0 bridgehead atoms. The second-order valence-electron chi connectivity index (χ2n) is 4.25. The third-order valence-electron chi connectivity index (χ3n) is 2.82. The van der Waals surface area contributed by atoms with Crippen LogP contribution in [-0.4, -0.2) is 23.9 Å². The first-order chi connectivity index (χ1) is 8.62. The second-order valence-corrected chi connectivity index (χ2v) is 4.25. The number of hydrogen-bond donors (Lipinski definition) is 0. The fourth-order valence-electron chi connectivity index (χ4n) is 1.71. The van der Waals surface area contributed by atoms with Crippen molar-refractivity contribution in [3.63, 3.8) is 0 Å². The van der Waals surface area contributed by atoms with Crippen LogP contribution in [0.5, 0.6) is 0 Å². The van der Waals surface area contributed by atoms with Crippen LogP contribution in [0.3, 0.4) is 0 Å². The largest absolute Gasteiger partial charge is 0.369 e. The lowest BCUT2D eigenvalue weighted by atomic mass is 10.1. The minimum absolute atomic E-state index is 0.0260. The van der Waals surface area contributed by atoms with Crippen LogP contribution in [0.1, 0.15) is 37.7 Å². The third-order valence-corrected chi connectivity index (χ3v) is 2.82. The van der Waals surface area contributed by atoms with Crippen molar-refractivity contribution < 1.29 is 4.79 Å². The Kier molecular flexibility index (Phi) is 5.31. The number of rotatable bonds is 6. The molecule has 1 atom stereocenters. The number of carbonyl (C=O) groups is 1. The van der Waals surface area contributed by atoms with Gasteiger partial charge in [-0.25, -0.2) is 0 Å². The minimum Gasteiger partial charge on any atom is -0.369 e. The summed E-state index contributed by atoms with van der Waals surface area (Å²) in [7, 11) is 0. The minimum atomic E-state index is -0.0260. The Hall–Kier alpha value is -1.89. The number of anilines is 1. The molecule has 1 unspecified atom stereocenters. The average molecular weight is 245 g/mol. The van der Waals surface area contributed by atoms with E-state index < -0.39 is 0 Å². The molecule has 0 N–H and O–H groups in total. The Labute approximate surface area is 108 Å². The second kappa shape index (κ2) is 6.75. The van der Waals surface area contributed by atoms with Crippen LogP contribution in [-0.2, 0) is 0 Å². The van der Waals surface area contributed by atoms with Crippen molar-refractivity contribution in [3.05, 3.63) is 24.0 Å². The highest BCUT2D eigenvalue weighted by Crippen LogP contribution is 2.15. The molecule has 96 valence electrons. The van der Waals surface area contributed by atoms with Gasteiger partial charge >= 0.3 is 0 Å². The first kappa shape index (κ1) is 14.2. The molecule has 1 aromatic heterocycles. The molecule has 0 amide bonds. The van der Waals surface area contributed by atoms with Gasteiger partial charge in [-0.05, 0) is 26.0 Å². The topological polar surface area (TPSA) is 57.0 Å². The number of ketones is 1. The van der Waals surface area contributed by atoms with E-state index in [0.29, 0.717) is 18.7 Å². The van der Waals surface area contributed by atoms with Crippen molar-refractivity contribution in [2.24, 2.45) is 5.92 Å². The summed E-state index contributed by atoms with van der Waals surface area (Å²) in [5.74, 6) is 0.0249. The highest BCUT2D eigenvalue weighted by atomic mass is 16.1. The lowest BCUT2D eigenvalue weighted by Gasteiger charge is -2.23. The van der Waals surface area contributed by atoms with Crippen LogP contribution in [0.25, 0.3) is 0 Å². The van der Waals surface area contributed by atoms with Crippen molar-refractivity contribution in [1.82, 2.24) is 4.98 Å². The summed E-state index contributed by atoms with van der Waals surface area (Å²) in [4.78, 5) is 17.7. The van der Waals surface area contributed by atoms with Gasteiger partial charge in [-0.1, -0.05) is 6.92 Å². The van der Waals surface area contributed by atoms with Gasteiger partial charge in [0.05, 0.1) is 23.9 Å². The molecule has 0 aromatic carbocycles. The average Bonchev–Trinajstić information content (AvgIpc) is 2.43. The number of hydrogen-bond acceptors (Lipinski definition) is 4. The van der Waals surface area contributed by atoms with Crippen molar-refractivity contribution >= 4 is 11.5 Å². The molecule has 0 aliphatic carbocycles. The summed E-state index contributed by atoms with van der Waals surface area (Å²) in [5.41, 5.74) is 1.46. The Morgan fingerprint density at radius 2 is 2.22 bits per heavy atom. The summed E-state index contributed by atoms with van der Waals surface area (Å²) in [6.07, 6.45) is 2.17. The Balaban J connectivity index is 2.82. The van der Waals surface area contributed by atoms with Crippen LogP contribution in [0.2, 0.25) is 0 Å². The molecule has 0 aliphatic heterocycles. The van der Waals surface area contributed by atoms with Gasteiger partial charge in [0.2, 0.25) is 0 Å². The lowest BCUT2D eigenvalue weighted by Crippen LogP contribution is -2.27. The first-order valence-electron chi connectivity index (χ1n) is 6.26. The summed E-state index contributed by atoms with van der Waals surface area (Å²) in [6.45, 7) is 7.25. The predicted octanol–water partition coefficient (Wildman–Crippen LogP) is 2.66. The molecule has 1 heterocycles. The van der Waals surface area contributed by atoms with Crippen LogP contribution >= 0.6 is 0 Å². The zero-order valence-electron chi connectivity index (χ0n) is 11.2. The van der Waals surface area contributed by atoms with E-state index in [0.717, 1.165) is 12.2 Å². The molecule has 0 saturated heterocycles. The normalized spacial score (nSPS) is 11.7. The van der Waals surface area contributed by atoms with E-state index in [1.54, 1.807) is 12.3 Å². The number of nitriles is 1. The number of Topliss-reactive ketones (excluding diaryl/α,β-unsaturated/α-hetero) is 1. The molecule has 0 fully saturated rings. The quantitative estimate of drug-likeness (QED) is 0.723. The molecule has 0 saturated carbocycles. The maximum Gasteiger partial charge on any atom is 0.180 e. The van der Waals surface area contributed by atoms with E-state index >= 15 is 0 Å². The monoisotopic (exact) mass is 245 g/mol. The van der Waals surface area contributed by atoms with E-state index in [-0.39, 0.29) is 11.7 Å². The maximum absolute atomic E-state index is 11.5. The summed E-state index contributed by atoms with van der Waals surface area (Å²) in [6, 6.07) is 5.87. The highest BCUT2D eigenvalue weighted by Gasteiger charge is 2.10. The van der Waals surface area contributed by atoms with Crippen molar-refractivity contribution in [1.29, 1.82) is 5.26 Å². The van der Waals surface area contributed by atoms with Crippen molar-refractivity contribution in [3.8, 4) is 6.07 Å². The SMILES string of the molecule is CCC(=O)c1ccc(N(CC)CC(C)C#N)cn1. The van der Waals surface area contributed by atoms with Gasteiger partial charge in [0, 0.05) is 19.5 Å². The number of aromatic nitrogens is 1. The molecule has 4 heteroatoms. The zero-order valence-corrected chi connectivity index (χ0v) is 11.2. The van der Waals surface area contributed by atoms with E-state index in [4.69, 9.17) is 5.26 Å². The molecule has 0 aliphatic rings. The fraction of sp³-hybridized carbons (Fsp3) is 0.500. The summed E-state index contributed by atoms with van der Waals surface area (Å²) >= 11 is 0. The molecular weight excluding hydrogens is 226 g/mol. The van der Waals surface area contributed by atoms with E-state index in [2.05, 4.69) is 16.0 Å². The van der Waals surface area contributed by atoms with Gasteiger partial charge < -0.3 is 4.90 Å². The zero-order chi connectivity index (χ0) is 13.5. The van der Waals surface area contributed by atoms with Crippen molar-refractivity contribution in [2.45, 2.75) is 27.2 Å². The van der Waals surface area contributed by atoms with E-state index in [1.165, 1.54) is 0 Å². The number of carbonyl (C=O) groups excluding carboxylic acids is 1. The molecule has 18 heavy (non-hydrogen) atoms. The molecular formula is C14H19N3O. The summed E-state index contributed by atoms with van der Waals surface area (Å²) < 4.78 is 0. The standard InChI is InChI=1S/C14H19N3O/c1-4-14(18)13-7-6-12(9-16-13)17(5-2)10-11(3)8-15/h6-7,9,11H,4-5,10H2,1-3H3. The van der Waals surface area contributed by atoms with Crippen LogP contribution < -0.4 is 4.90 Å². The van der Waals surface area contributed by atoms with E-state index in [1.807, 2.05) is 26.8 Å². The fourth-order valence-corrected chi connectivity index (χ4v) is 1.71.